The van der Waals surface area contributed by atoms with Crippen LogP contribution in [0.1, 0.15) is 38.5 Å². The van der Waals surface area contributed by atoms with Crippen LogP contribution in [0.25, 0.3) is 0 Å². The Bertz CT molecular complexity index is 770. The number of amides is 4. The predicted molar refractivity (Wildman–Crippen MR) is 137 cm³/mol. The van der Waals surface area contributed by atoms with E-state index in [1.54, 1.807) is 0 Å². The molecule has 0 aromatic carbocycles. The van der Waals surface area contributed by atoms with Crippen LogP contribution in [0.3, 0.4) is 0 Å². The molecule has 1 atom stereocenters. The maximum absolute atomic E-state index is 11.9. The van der Waals surface area contributed by atoms with E-state index in [-0.39, 0.29) is 25.0 Å². The van der Waals surface area contributed by atoms with Crippen molar-refractivity contribution in [1.29, 1.82) is 0 Å². The summed E-state index contributed by atoms with van der Waals surface area (Å²) in [6.45, 7) is 3.98. The van der Waals surface area contributed by atoms with Crippen LogP contribution in [0.2, 0.25) is 0 Å². The molecule has 0 saturated heterocycles. The van der Waals surface area contributed by atoms with E-state index in [4.69, 9.17) is 23.7 Å². The molecular weight excluding hydrogens is 498 g/mol. The third-order valence-corrected chi connectivity index (χ3v) is 5.66. The summed E-state index contributed by atoms with van der Waals surface area (Å²) >= 11 is 0. The Morgan fingerprint density at radius 3 is 1.95 bits per heavy atom. The molecule has 0 saturated carbocycles. The molecule has 12 heteroatoms. The first-order chi connectivity index (χ1) is 18.6. The second-order valence-corrected chi connectivity index (χ2v) is 8.64. The third kappa shape index (κ3) is 14.8. The molecule has 1 unspecified atom stereocenters. The number of hydrogen-bond donors (Lipinski definition) is 2. The van der Waals surface area contributed by atoms with Crippen LogP contribution in [0.4, 0.5) is 4.79 Å². The van der Waals surface area contributed by atoms with Crippen molar-refractivity contribution in [3.05, 3.63) is 24.3 Å². The third-order valence-electron chi connectivity index (χ3n) is 5.66. The number of alkyl carbamates (subject to hydrolysis) is 1. The molecular formula is C26H41N3O9. The van der Waals surface area contributed by atoms with Gasteiger partial charge in [-0.3, -0.25) is 19.3 Å². The summed E-state index contributed by atoms with van der Waals surface area (Å²) < 4.78 is 27.1. The second-order valence-electron chi connectivity index (χ2n) is 8.64. The molecule has 0 aromatic rings. The van der Waals surface area contributed by atoms with Crippen molar-refractivity contribution in [2.45, 2.75) is 44.6 Å². The van der Waals surface area contributed by atoms with Crippen LogP contribution in [0, 0.1) is 0 Å². The van der Waals surface area contributed by atoms with Gasteiger partial charge in [0.15, 0.2) is 0 Å². The quantitative estimate of drug-likeness (QED) is 0.140. The number of carbonyl (C=O) groups excluding carboxylic acids is 4. The highest BCUT2D eigenvalue weighted by molar-refractivity contribution is 6.13. The van der Waals surface area contributed by atoms with E-state index < -0.39 is 17.9 Å². The van der Waals surface area contributed by atoms with Crippen molar-refractivity contribution in [3.8, 4) is 0 Å². The molecule has 1 heterocycles. The van der Waals surface area contributed by atoms with Crippen LogP contribution in [0.5, 0.6) is 0 Å². The fraction of sp³-hybridized carbons (Fsp3) is 0.692. The molecule has 0 aromatic heterocycles. The summed E-state index contributed by atoms with van der Waals surface area (Å²) in [6.07, 6.45) is 11.1. The highest BCUT2D eigenvalue weighted by Gasteiger charge is 2.23. The maximum Gasteiger partial charge on any atom is 0.407 e. The van der Waals surface area contributed by atoms with E-state index in [1.165, 1.54) is 12.2 Å². The lowest BCUT2D eigenvalue weighted by Gasteiger charge is -2.18. The molecule has 2 N–H and O–H groups in total. The van der Waals surface area contributed by atoms with Gasteiger partial charge in [-0.15, -0.1) is 0 Å². The number of nitrogens with zero attached hydrogens (tertiary/aromatic N) is 1. The Labute approximate surface area is 224 Å². The van der Waals surface area contributed by atoms with E-state index in [1.807, 2.05) is 0 Å². The Hall–Kier alpha value is -2.80. The Balaban J connectivity index is 1.27. The fourth-order valence-corrected chi connectivity index (χ4v) is 3.64. The molecule has 214 valence electrons. The van der Waals surface area contributed by atoms with Gasteiger partial charge in [0, 0.05) is 38.2 Å². The zero-order valence-electron chi connectivity index (χ0n) is 22.0. The first-order valence-corrected chi connectivity index (χ1v) is 13.3. The molecule has 4 amide bonds. The van der Waals surface area contributed by atoms with Gasteiger partial charge in [0.2, 0.25) is 5.91 Å². The highest BCUT2D eigenvalue weighted by atomic mass is 16.6. The van der Waals surface area contributed by atoms with Crippen LogP contribution >= 0.6 is 0 Å². The summed E-state index contributed by atoms with van der Waals surface area (Å²) in [6, 6.07) is 0. The van der Waals surface area contributed by atoms with Gasteiger partial charge in [-0.1, -0.05) is 12.2 Å². The first-order valence-electron chi connectivity index (χ1n) is 13.3. The normalized spacial score (nSPS) is 18.2. The lowest BCUT2D eigenvalue weighted by molar-refractivity contribution is -0.137. The average Bonchev–Trinajstić information content (AvgIpc) is 3.20. The fourth-order valence-electron chi connectivity index (χ4n) is 3.64. The smallest absolute Gasteiger partial charge is 0.407 e. The number of imide groups is 1. The van der Waals surface area contributed by atoms with Crippen LogP contribution in [0.15, 0.2) is 24.3 Å². The molecule has 1 aliphatic carbocycles. The van der Waals surface area contributed by atoms with Gasteiger partial charge in [-0.05, 0) is 32.1 Å². The molecule has 2 aliphatic rings. The minimum atomic E-state index is -0.397. The zero-order chi connectivity index (χ0) is 27.3. The topological polar surface area (TPSA) is 142 Å². The van der Waals surface area contributed by atoms with Crippen molar-refractivity contribution in [1.82, 2.24) is 15.5 Å². The van der Waals surface area contributed by atoms with Crippen molar-refractivity contribution in [3.63, 3.8) is 0 Å². The average molecular weight is 540 g/mol. The van der Waals surface area contributed by atoms with Crippen molar-refractivity contribution >= 4 is 23.8 Å². The summed E-state index contributed by atoms with van der Waals surface area (Å²) in [5, 5.41) is 5.38. The molecule has 0 spiro atoms. The first kappa shape index (κ1) is 31.4. The van der Waals surface area contributed by atoms with Crippen LogP contribution < -0.4 is 10.6 Å². The summed E-state index contributed by atoms with van der Waals surface area (Å²) in [4.78, 5) is 47.5. The lowest BCUT2D eigenvalue weighted by Crippen LogP contribution is -2.35. The van der Waals surface area contributed by atoms with Gasteiger partial charge in [0.1, 0.15) is 6.10 Å². The monoisotopic (exact) mass is 539 g/mol. The summed E-state index contributed by atoms with van der Waals surface area (Å²) in [5.41, 5.74) is 0. The van der Waals surface area contributed by atoms with E-state index in [2.05, 4.69) is 22.8 Å². The van der Waals surface area contributed by atoms with Gasteiger partial charge in [-0.25, -0.2) is 4.79 Å². The standard InChI is InChI=1S/C26H41N3O9/c30-23(10-13-29-24(31)8-9-25(29)32)27-11-14-34-16-18-36-20-21-37-19-17-35-15-12-28-26(33)38-22-6-4-2-1-3-5-7-22/h1-2,8-9,22H,3-7,10-21H2,(H,27,30)(H,28,33)/b2-1+. The minimum absolute atomic E-state index is 0.0202. The Morgan fingerprint density at radius 1 is 0.763 bits per heavy atom. The van der Waals surface area contributed by atoms with Gasteiger partial charge in [0.25, 0.3) is 11.8 Å². The second kappa shape index (κ2) is 20.2. The lowest BCUT2D eigenvalue weighted by atomic mass is 10.0. The van der Waals surface area contributed by atoms with Crippen molar-refractivity contribution in [2.75, 3.05) is 72.5 Å². The van der Waals surface area contributed by atoms with E-state index >= 15 is 0 Å². The van der Waals surface area contributed by atoms with E-state index in [9.17, 15) is 19.2 Å². The van der Waals surface area contributed by atoms with Gasteiger partial charge >= 0.3 is 6.09 Å². The number of allylic oxidation sites excluding steroid dienone is 2. The zero-order valence-corrected chi connectivity index (χ0v) is 22.0. The molecule has 2 rings (SSSR count). The molecule has 0 radical (unpaired) electrons. The van der Waals surface area contributed by atoms with Gasteiger partial charge < -0.3 is 34.3 Å². The largest absolute Gasteiger partial charge is 0.446 e. The molecule has 38 heavy (non-hydrogen) atoms. The SMILES string of the molecule is O=C(CCN1C(=O)C=CC1=O)NCCOCCOCCOCCOCCNC(=O)OC1CC/C=C/CCC1. The highest BCUT2D eigenvalue weighted by Crippen LogP contribution is 2.15. The van der Waals surface area contributed by atoms with Crippen molar-refractivity contribution in [2.24, 2.45) is 0 Å². The van der Waals surface area contributed by atoms with Crippen molar-refractivity contribution < 1.29 is 42.9 Å². The van der Waals surface area contributed by atoms with Gasteiger partial charge in [0.05, 0.1) is 52.9 Å². The Kier molecular flexibility index (Phi) is 16.7. The van der Waals surface area contributed by atoms with Crippen LogP contribution in [-0.2, 0) is 38.1 Å². The molecule has 12 nitrogen and oxygen atoms in total. The number of nitrogens with one attached hydrogen (secondary N) is 2. The van der Waals surface area contributed by atoms with Gasteiger partial charge in [-0.2, -0.15) is 0 Å². The predicted octanol–water partition coefficient (Wildman–Crippen LogP) is 1.10. The summed E-state index contributed by atoms with van der Waals surface area (Å²) in [7, 11) is 0. The number of hydrogen-bond acceptors (Lipinski definition) is 9. The molecule has 0 fully saturated rings. The van der Waals surface area contributed by atoms with E-state index in [0.717, 1.165) is 37.0 Å². The van der Waals surface area contributed by atoms with E-state index in [0.29, 0.717) is 65.9 Å². The summed E-state index contributed by atoms with van der Waals surface area (Å²) in [5.74, 6) is -1.05. The number of rotatable bonds is 19. The molecule has 1 aliphatic heterocycles. The number of carbonyl (C=O) groups is 4. The minimum Gasteiger partial charge on any atom is -0.446 e. The maximum atomic E-state index is 11.9. The Morgan fingerprint density at radius 2 is 1.32 bits per heavy atom. The molecule has 0 bridgehead atoms. The number of ether oxygens (including phenoxy) is 5. The van der Waals surface area contributed by atoms with Crippen LogP contribution in [-0.4, -0.2) is 107 Å².